The summed E-state index contributed by atoms with van der Waals surface area (Å²) in [5.74, 6) is -0.419. The van der Waals surface area contributed by atoms with Gasteiger partial charge in [0, 0.05) is 30.6 Å². The van der Waals surface area contributed by atoms with Crippen LogP contribution in [0.2, 0.25) is 0 Å². The summed E-state index contributed by atoms with van der Waals surface area (Å²) in [7, 11) is 0. The molecule has 0 spiro atoms. The summed E-state index contributed by atoms with van der Waals surface area (Å²) in [5.41, 5.74) is 6.10. The maximum Gasteiger partial charge on any atom is 0.227 e. The van der Waals surface area contributed by atoms with E-state index in [-0.39, 0.29) is 36.1 Å². The smallest absolute Gasteiger partial charge is 0.227 e. The summed E-state index contributed by atoms with van der Waals surface area (Å²) in [6.45, 7) is 2.50. The van der Waals surface area contributed by atoms with Crippen molar-refractivity contribution in [2.75, 3.05) is 6.54 Å². The highest BCUT2D eigenvalue weighted by molar-refractivity contribution is 5.85. The fourth-order valence-corrected chi connectivity index (χ4v) is 1.97. The molecule has 1 fully saturated rings. The van der Waals surface area contributed by atoms with E-state index in [2.05, 4.69) is 0 Å². The van der Waals surface area contributed by atoms with Gasteiger partial charge in [-0.25, -0.2) is 4.39 Å². The fraction of sp³-hybridized carbons (Fsp3) is 0.500. The van der Waals surface area contributed by atoms with E-state index in [1.165, 1.54) is 6.07 Å². The van der Waals surface area contributed by atoms with Gasteiger partial charge in [-0.1, -0.05) is 25.1 Å². The molecule has 1 atom stereocenters. The molecule has 1 aliphatic carbocycles. The summed E-state index contributed by atoms with van der Waals surface area (Å²) in [5, 5.41) is 0. The van der Waals surface area contributed by atoms with Gasteiger partial charge in [0.05, 0.1) is 0 Å². The maximum atomic E-state index is 13.6. The first-order valence-electron chi connectivity index (χ1n) is 6.37. The van der Waals surface area contributed by atoms with Gasteiger partial charge in [-0.15, -0.1) is 12.4 Å². The van der Waals surface area contributed by atoms with Crippen LogP contribution in [0.5, 0.6) is 0 Å². The first-order chi connectivity index (χ1) is 8.63. The second-order valence-corrected chi connectivity index (χ2v) is 4.93. The lowest BCUT2D eigenvalue weighted by atomic mass is 10.1. The largest absolute Gasteiger partial charge is 0.335 e. The van der Waals surface area contributed by atoms with E-state index in [9.17, 15) is 9.18 Å². The lowest BCUT2D eigenvalue weighted by molar-refractivity contribution is -0.135. The van der Waals surface area contributed by atoms with Gasteiger partial charge in [0.25, 0.3) is 0 Å². The predicted molar refractivity (Wildman–Crippen MR) is 75.4 cm³/mol. The van der Waals surface area contributed by atoms with Crippen LogP contribution in [0.1, 0.15) is 25.3 Å². The molecule has 106 valence electrons. The highest BCUT2D eigenvalue weighted by atomic mass is 35.5. The number of carbonyl (C=O) groups excluding carboxylic acids is 1. The van der Waals surface area contributed by atoms with Crippen molar-refractivity contribution in [2.24, 2.45) is 11.7 Å². The number of halogens is 2. The lowest BCUT2D eigenvalue weighted by Crippen LogP contribution is -2.39. The fourth-order valence-electron chi connectivity index (χ4n) is 1.97. The molecule has 5 heteroatoms. The Bertz CT molecular complexity index is 437. The Kier molecular flexibility index (Phi) is 5.76. The van der Waals surface area contributed by atoms with E-state index in [1.54, 1.807) is 23.1 Å². The van der Waals surface area contributed by atoms with Crippen molar-refractivity contribution in [1.29, 1.82) is 0 Å². The lowest BCUT2D eigenvalue weighted by Gasteiger charge is -2.25. The molecule has 3 nitrogen and oxygen atoms in total. The standard InChI is InChI=1S/C14H19FN2O.ClH/c1-10(8-16)14(18)17(12-6-7-12)9-11-4-2-3-5-13(11)15;/h2-5,10,12H,6-9,16H2,1H3;1H. The van der Waals surface area contributed by atoms with Crippen LogP contribution >= 0.6 is 12.4 Å². The molecule has 0 saturated heterocycles. The van der Waals surface area contributed by atoms with Crippen molar-refractivity contribution in [3.05, 3.63) is 35.6 Å². The number of carbonyl (C=O) groups is 1. The van der Waals surface area contributed by atoms with Gasteiger partial charge >= 0.3 is 0 Å². The zero-order valence-electron chi connectivity index (χ0n) is 11.0. The van der Waals surface area contributed by atoms with E-state index >= 15 is 0 Å². The third kappa shape index (κ3) is 3.91. The van der Waals surface area contributed by atoms with Crippen LogP contribution in [0.15, 0.2) is 24.3 Å². The van der Waals surface area contributed by atoms with Crippen molar-refractivity contribution in [3.63, 3.8) is 0 Å². The molecule has 1 amide bonds. The number of rotatable bonds is 5. The molecule has 2 rings (SSSR count). The summed E-state index contributed by atoms with van der Waals surface area (Å²) in [6, 6.07) is 6.87. The predicted octanol–water partition coefficient (Wildman–Crippen LogP) is 2.33. The van der Waals surface area contributed by atoms with Gasteiger partial charge in [0.1, 0.15) is 5.82 Å². The molecule has 0 radical (unpaired) electrons. The second kappa shape index (κ2) is 6.87. The van der Waals surface area contributed by atoms with Crippen molar-refractivity contribution in [2.45, 2.75) is 32.4 Å². The number of benzene rings is 1. The van der Waals surface area contributed by atoms with Gasteiger partial charge < -0.3 is 10.6 Å². The summed E-state index contributed by atoms with van der Waals surface area (Å²) in [4.78, 5) is 14.0. The molecule has 0 heterocycles. The Labute approximate surface area is 119 Å². The average Bonchev–Trinajstić information content (AvgIpc) is 3.20. The first kappa shape index (κ1) is 15.9. The molecule has 1 unspecified atom stereocenters. The Morgan fingerprint density at radius 3 is 2.63 bits per heavy atom. The van der Waals surface area contributed by atoms with E-state index in [4.69, 9.17) is 5.73 Å². The number of hydrogen-bond donors (Lipinski definition) is 1. The van der Waals surface area contributed by atoms with Crippen LogP contribution in [0.25, 0.3) is 0 Å². The van der Waals surface area contributed by atoms with Crippen molar-refractivity contribution in [3.8, 4) is 0 Å². The molecule has 2 N–H and O–H groups in total. The number of nitrogens with zero attached hydrogens (tertiary/aromatic N) is 1. The molecule has 19 heavy (non-hydrogen) atoms. The van der Waals surface area contributed by atoms with Crippen LogP contribution in [0.4, 0.5) is 4.39 Å². The Morgan fingerprint density at radius 1 is 1.47 bits per heavy atom. The zero-order chi connectivity index (χ0) is 13.1. The van der Waals surface area contributed by atoms with Crippen LogP contribution in [0.3, 0.4) is 0 Å². The number of amides is 1. The molecule has 1 aliphatic rings. The summed E-state index contributed by atoms with van der Waals surface area (Å²) < 4.78 is 13.6. The minimum atomic E-state index is -0.253. The first-order valence-corrected chi connectivity index (χ1v) is 6.37. The minimum Gasteiger partial charge on any atom is -0.335 e. The van der Waals surface area contributed by atoms with Gasteiger partial charge in [-0.3, -0.25) is 4.79 Å². The van der Waals surface area contributed by atoms with Gasteiger partial charge in [-0.05, 0) is 18.9 Å². The molecule has 0 bridgehead atoms. The molecule has 0 aliphatic heterocycles. The van der Waals surface area contributed by atoms with E-state index in [0.717, 1.165) is 12.8 Å². The SMILES string of the molecule is CC(CN)C(=O)N(Cc1ccccc1F)C1CC1.Cl. The normalized spacial score (nSPS) is 15.5. The summed E-state index contributed by atoms with van der Waals surface area (Å²) in [6.07, 6.45) is 2.02. The second-order valence-electron chi connectivity index (χ2n) is 4.93. The Morgan fingerprint density at radius 2 is 2.11 bits per heavy atom. The molecular weight excluding hydrogens is 267 g/mol. The maximum absolute atomic E-state index is 13.6. The Balaban J connectivity index is 0.00000180. The van der Waals surface area contributed by atoms with Crippen molar-refractivity contribution >= 4 is 18.3 Å². The van der Waals surface area contributed by atoms with Crippen LogP contribution < -0.4 is 5.73 Å². The Hall–Kier alpha value is -1.13. The van der Waals surface area contributed by atoms with Crippen molar-refractivity contribution < 1.29 is 9.18 Å². The van der Waals surface area contributed by atoms with Crippen LogP contribution in [-0.2, 0) is 11.3 Å². The highest BCUT2D eigenvalue weighted by Gasteiger charge is 2.34. The highest BCUT2D eigenvalue weighted by Crippen LogP contribution is 2.30. The third-order valence-electron chi connectivity index (χ3n) is 3.34. The molecule has 1 aromatic carbocycles. The van der Waals surface area contributed by atoms with Gasteiger partial charge in [0.2, 0.25) is 5.91 Å². The number of nitrogens with two attached hydrogens (primary N) is 1. The van der Waals surface area contributed by atoms with Crippen LogP contribution in [0, 0.1) is 11.7 Å². The van der Waals surface area contributed by atoms with E-state index in [1.807, 2.05) is 6.92 Å². The van der Waals surface area contributed by atoms with E-state index < -0.39 is 0 Å². The van der Waals surface area contributed by atoms with Crippen LogP contribution in [-0.4, -0.2) is 23.4 Å². The third-order valence-corrected chi connectivity index (χ3v) is 3.34. The minimum absolute atomic E-state index is 0. The zero-order valence-corrected chi connectivity index (χ0v) is 11.8. The number of hydrogen-bond acceptors (Lipinski definition) is 2. The molecular formula is C14H20ClFN2O. The summed E-state index contributed by atoms with van der Waals surface area (Å²) >= 11 is 0. The quantitative estimate of drug-likeness (QED) is 0.903. The van der Waals surface area contributed by atoms with Gasteiger partial charge in [0.15, 0.2) is 0 Å². The van der Waals surface area contributed by atoms with E-state index in [0.29, 0.717) is 18.7 Å². The van der Waals surface area contributed by atoms with Crippen molar-refractivity contribution in [1.82, 2.24) is 4.90 Å². The monoisotopic (exact) mass is 286 g/mol. The molecule has 0 aromatic heterocycles. The molecule has 1 aromatic rings. The topological polar surface area (TPSA) is 46.3 Å². The average molecular weight is 287 g/mol. The van der Waals surface area contributed by atoms with Gasteiger partial charge in [-0.2, -0.15) is 0 Å². The molecule has 1 saturated carbocycles.